The van der Waals surface area contributed by atoms with Gasteiger partial charge in [0, 0.05) is 13.1 Å². The van der Waals surface area contributed by atoms with Crippen molar-refractivity contribution in [1.82, 2.24) is 5.32 Å². The van der Waals surface area contributed by atoms with E-state index in [0.29, 0.717) is 12.2 Å². The predicted octanol–water partition coefficient (Wildman–Crippen LogP) is 1.20. The van der Waals surface area contributed by atoms with Crippen molar-refractivity contribution in [1.29, 1.82) is 0 Å². The van der Waals surface area contributed by atoms with Gasteiger partial charge in [-0.3, -0.25) is 4.31 Å². The highest BCUT2D eigenvalue weighted by Crippen LogP contribution is 2.18. The molecule has 1 aromatic rings. The summed E-state index contributed by atoms with van der Waals surface area (Å²) in [5, 5.41) is 2.79. The molecule has 0 atom stereocenters. The van der Waals surface area contributed by atoms with E-state index in [1.807, 2.05) is 0 Å². The highest BCUT2D eigenvalue weighted by atomic mass is 32.2. The average Bonchev–Trinajstić information content (AvgIpc) is 2.27. The quantitative estimate of drug-likeness (QED) is 0.836. The number of anilines is 1. The molecule has 6 heteroatoms. The van der Waals surface area contributed by atoms with Gasteiger partial charge in [-0.2, -0.15) is 0 Å². The van der Waals surface area contributed by atoms with Crippen LogP contribution in [0.5, 0.6) is 0 Å². The molecule has 0 aliphatic heterocycles. The molecule has 0 spiro atoms. The SMILES string of the molecule is CCN(c1cccc(F)c1)S(=O)(=O)CCNC. The smallest absolute Gasteiger partial charge is 0.236 e. The maximum absolute atomic E-state index is 13.1. The molecule has 0 saturated carbocycles. The molecule has 0 amide bonds. The molecule has 0 bridgehead atoms. The first-order chi connectivity index (χ1) is 8.01. The highest BCUT2D eigenvalue weighted by Gasteiger charge is 2.20. The zero-order chi connectivity index (χ0) is 12.9. The van der Waals surface area contributed by atoms with Crippen LogP contribution < -0.4 is 9.62 Å². The summed E-state index contributed by atoms with van der Waals surface area (Å²) >= 11 is 0. The minimum Gasteiger partial charge on any atom is -0.319 e. The molecule has 0 radical (unpaired) electrons. The Labute approximate surface area is 101 Å². The number of benzene rings is 1. The summed E-state index contributed by atoms with van der Waals surface area (Å²) < 4.78 is 38.3. The van der Waals surface area contributed by atoms with Crippen LogP contribution in [0.15, 0.2) is 24.3 Å². The van der Waals surface area contributed by atoms with Crippen molar-refractivity contribution in [3.05, 3.63) is 30.1 Å². The van der Waals surface area contributed by atoms with Crippen molar-refractivity contribution >= 4 is 15.7 Å². The van der Waals surface area contributed by atoms with Crippen LogP contribution in [0, 0.1) is 5.82 Å². The van der Waals surface area contributed by atoms with Crippen LogP contribution in [0.3, 0.4) is 0 Å². The summed E-state index contributed by atoms with van der Waals surface area (Å²) in [6.45, 7) is 2.38. The third kappa shape index (κ3) is 3.67. The fourth-order valence-electron chi connectivity index (χ4n) is 1.51. The molecule has 1 aromatic carbocycles. The van der Waals surface area contributed by atoms with E-state index >= 15 is 0 Å². The first-order valence-corrected chi connectivity index (χ1v) is 7.02. The molecule has 0 aromatic heterocycles. The van der Waals surface area contributed by atoms with Gasteiger partial charge in [-0.25, -0.2) is 12.8 Å². The molecular weight excluding hydrogens is 243 g/mol. The van der Waals surface area contributed by atoms with Gasteiger partial charge in [-0.15, -0.1) is 0 Å². The predicted molar refractivity (Wildman–Crippen MR) is 67.1 cm³/mol. The second-order valence-corrected chi connectivity index (χ2v) is 5.58. The van der Waals surface area contributed by atoms with Crippen LogP contribution in [0.25, 0.3) is 0 Å². The number of nitrogens with zero attached hydrogens (tertiary/aromatic N) is 1. The summed E-state index contributed by atoms with van der Waals surface area (Å²) in [7, 11) is -1.71. The van der Waals surface area contributed by atoms with Crippen LogP contribution in [0.4, 0.5) is 10.1 Å². The summed E-state index contributed by atoms with van der Waals surface area (Å²) in [4.78, 5) is 0. The van der Waals surface area contributed by atoms with Gasteiger partial charge in [0.05, 0.1) is 11.4 Å². The summed E-state index contributed by atoms with van der Waals surface area (Å²) in [6, 6.07) is 5.60. The maximum atomic E-state index is 13.1. The standard InChI is InChI=1S/C11H17FN2O2S/c1-3-14(17(15,16)8-7-13-2)11-6-4-5-10(12)9-11/h4-6,9,13H,3,7-8H2,1-2H3. The Bertz CT molecular complexity index is 462. The monoisotopic (exact) mass is 260 g/mol. The Balaban J connectivity index is 2.99. The molecule has 0 unspecified atom stereocenters. The molecule has 96 valence electrons. The van der Waals surface area contributed by atoms with Crippen molar-refractivity contribution in [2.45, 2.75) is 6.92 Å². The van der Waals surface area contributed by atoms with E-state index in [0.717, 1.165) is 0 Å². The van der Waals surface area contributed by atoms with Gasteiger partial charge in [-0.1, -0.05) is 6.07 Å². The molecule has 17 heavy (non-hydrogen) atoms. The van der Waals surface area contributed by atoms with E-state index in [4.69, 9.17) is 0 Å². The third-order valence-electron chi connectivity index (χ3n) is 2.33. The Hall–Kier alpha value is -1.14. The van der Waals surface area contributed by atoms with Crippen molar-refractivity contribution in [3.63, 3.8) is 0 Å². The van der Waals surface area contributed by atoms with Crippen LogP contribution in [0.2, 0.25) is 0 Å². The fourth-order valence-corrected chi connectivity index (χ4v) is 3.02. The normalized spacial score (nSPS) is 11.5. The van der Waals surface area contributed by atoms with Crippen LogP contribution in [-0.2, 0) is 10.0 Å². The molecule has 0 fully saturated rings. The number of nitrogens with one attached hydrogen (secondary N) is 1. The topological polar surface area (TPSA) is 49.4 Å². The van der Waals surface area contributed by atoms with E-state index in [-0.39, 0.29) is 12.3 Å². The largest absolute Gasteiger partial charge is 0.319 e. The van der Waals surface area contributed by atoms with Gasteiger partial charge < -0.3 is 5.32 Å². The number of rotatable bonds is 6. The molecule has 0 heterocycles. The Kier molecular flexibility index (Phi) is 4.89. The average molecular weight is 260 g/mol. The van der Waals surface area contributed by atoms with Crippen molar-refractivity contribution in [2.75, 3.05) is 30.2 Å². The zero-order valence-electron chi connectivity index (χ0n) is 9.98. The number of halogens is 1. The van der Waals surface area contributed by atoms with E-state index in [2.05, 4.69) is 5.32 Å². The third-order valence-corrected chi connectivity index (χ3v) is 4.19. The highest BCUT2D eigenvalue weighted by molar-refractivity contribution is 7.92. The van der Waals surface area contributed by atoms with Gasteiger partial charge >= 0.3 is 0 Å². The molecule has 1 rings (SSSR count). The Morgan fingerprint density at radius 2 is 2.12 bits per heavy atom. The fraction of sp³-hybridized carbons (Fsp3) is 0.455. The van der Waals surface area contributed by atoms with Gasteiger partial charge in [0.2, 0.25) is 10.0 Å². The van der Waals surface area contributed by atoms with Gasteiger partial charge in [0.15, 0.2) is 0 Å². The van der Waals surface area contributed by atoms with Gasteiger partial charge in [0.1, 0.15) is 5.82 Å². The molecule has 4 nitrogen and oxygen atoms in total. The second kappa shape index (κ2) is 5.97. The van der Waals surface area contributed by atoms with E-state index in [9.17, 15) is 12.8 Å². The van der Waals surface area contributed by atoms with E-state index in [1.165, 1.54) is 22.5 Å². The molecule has 0 aliphatic carbocycles. The van der Waals surface area contributed by atoms with E-state index < -0.39 is 15.8 Å². The summed E-state index contributed by atoms with van der Waals surface area (Å²) in [5.74, 6) is -0.446. The number of sulfonamides is 1. The van der Waals surface area contributed by atoms with Crippen LogP contribution >= 0.6 is 0 Å². The maximum Gasteiger partial charge on any atom is 0.236 e. The Morgan fingerprint density at radius 1 is 1.41 bits per heavy atom. The second-order valence-electron chi connectivity index (χ2n) is 3.56. The van der Waals surface area contributed by atoms with Crippen molar-refractivity contribution in [2.24, 2.45) is 0 Å². The van der Waals surface area contributed by atoms with Crippen molar-refractivity contribution in [3.8, 4) is 0 Å². The molecule has 0 aliphatic rings. The van der Waals surface area contributed by atoms with Crippen molar-refractivity contribution < 1.29 is 12.8 Å². The Morgan fingerprint density at radius 3 is 2.65 bits per heavy atom. The summed E-state index contributed by atoms with van der Waals surface area (Å²) in [6.07, 6.45) is 0. The molecule has 0 saturated heterocycles. The van der Waals surface area contributed by atoms with E-state index in [1.54, 1.807) is 20.0 Å². The summed E-state index contributed by atoms with van der Waals surface area (Å²) in [5.41, 5.74) is 0.364. The number of hydrogen-bond acceptors (Lipinski definition) is 3. The number of hydrogen-bond donors (Lipinski definition) is 1. The lowest BCUT2D eigenvalue weighted by Gasteiger charge is -2.22. The lowest BCUT2D eigenvalue weighted by atomic mass is 10.3. The van der Waals surface area contributed by atoms with Gasteiger partial charge in [0.25, 0.3) is 0 Å². The van der Waals surface area contributed by atoms with Gasteiger partial charge in [-0.05, 0) is 32.2 Å². The van der Waals surface area contributed by atoms with Crippen LogP contribution in [-0.4, -0.2) is 34.3 Å². The lowest BCUT2D eigenvalue weighted by Crippen LogP contribution is -2.35. The first kappa shape index (κ1) is 13.9. The lowest BCUT2D eigenvalue weighted by molar-refractivity contribution is 0.589. The molecule has 1 N–H and O–H groups in total. The minimum absolute atomic E-state index is 0.00610. The zero-order valence-corrected chi connectivity index (χ0v) is 10.8. The first-order valence-electron chi connectivity index (χ1n) is 5.42. The molecular formula is C11H17FN2O2S. The van der Waals surface area contributed by atoms with Crippen LogP contribution in [0.1, 0.15) is 6.92 Å². The minimum atomic E-state index is -3.40.